The van der Waals surface area contributed by atoms with Gasteiger partial charge in [0.15, 0.2) is 0 Å². The lowest BCUT2D eigenvalue weighted by molar-refractivity contribution is 1.18. The summed E-state index contributed by atoms with van der Waals surface area (Å²) in [6, 6.07) is 56.6. The summed E-state index contributed by atoms with van der Waals surface area (Å²) in [5.74, 6) is 0. The summed E-state index contributed by atoms with van der Waals surface area (Å²) in [5.41, 5.74) is 11.3. The molecule has 13 rings (SSSR count). The molecule has 3 nitrogen and oxygen atoms in total. The molecule has 0 unspecified atom stereocenters. The summed E-state index contributed by atoms with van der Waals surface area (Å²) in [6.07, 6.45) is 0. The van der Waals surface area contributed by atoms with E-state index in [2.05, 4.69) is 165 Å². The first-order valence-corrected chi connectivity index (χ1v) is 17.0. The molecule has 0 saturated heterocycles. The van der Waals surface area contributed by atoms with Crippen molar-refractivity contribution in [1.82, 2.24) is 13.4 Å². The second kappa shape index (κ2) is 8.28. The maximum Gasteiger partial charge on any atom is 0.0620 e. The third kappa shape index (κ3) is 2.81. The Hall–Kier alpha value is -6.58. The number of nitrogens with zero attached hydrogens (tertiary/aromatic N) is 3. The minimum Gasteiger partial charge on any atom is -0.309 e. The van der Waals surface area contributed by atoms with Crippen molar-refractivity contribution in [2.75, 3.05) is 0 Å². The average Bonchev–Trinajstić information content (AvgIpc) is 3.93. The van der Waals surface area contributed by atoms with E-state index in [0.717, 1.165) is 0 Å². The van der Waals surface area contributed by atoms with E-state index in [0.29, 0.717) is 0 Å². The topological polar surface area (TPSA) is 13.8 Å². The normalized spacial score (nSPS) is 12.9. The average molecular weight is 620 g/mol. The quantitative estimate of drug-likeness (QED) is 0.174. The Morgan fingerprint density at radius 1 is 0.265 bits per heavy atom. The fourth-order valence-electron chi connectivity index (χ4n) is 9.45. The van der Waals surface area contributed by atoms with E-state index in [-0.39, 0.29) is 0 Å². The highest BCUT2D eigenvalue weighted by Gasteiger charge is 2.23. The van der Waals surface area contributed by atoms with Gasteiger partial charge in [0.2, 0.25) is 0 Å². The van der Waals surface area contributed by atoms with E-state index in [1.807, 2.05) is 0 Å². The van der Waals surface area contributed by atoms with Gasteiger partial charge < -0.3 is 13.4 Å². The van der Waals surface area contributed by atoms with Crippen molar-refractivity contribution in [3.8, 4) is 5.69 Å². The van der Waals surface area contributed by atoms with E-state index >= 15 is 0 Å². The highest BCUT2D eigenvalue weighted by atomic mass is 15.0. The molecule has 0 spiro atoms. The Morgan fingerprint density at radius 2 is 0.735 bits per heavy atom. The van der Waals surface area contributed by atoms with Crippen LogP contribution in [0.3, 0.4) is 0 Å². The molecule has 0 saturated carbocycles. The zero-order chi connectivity index (χ0) is 31.5. The van der Waals surface area contributed by atoms with Gasteiger partial charge in [-0.1, -0.05) is 97.1 Å². The SMILES string of the molecule is c1ccc(-n2c3ccccc3c3cc4c(cc32)c2cccc3c5cc6c7cccc8c9cc%10ccccc%10cc9n(c6cc5n4c23)c87)cc1. The van der Waals surface area contributed by atoms with Crippen LogP contribution in [0.2, 0.25) is 0 Å². The first kappa shape index (κ1) is 24.6. The molecular weight excluding hydrogens is 595 g/mol. The van der Waals surface area contributed by atoms with Gasteiger partial charge in [0.05, 0.1) is 44.1 Å². The van der Waals surface area contributed by atoms with Gasteiger partial charge in [0.25, 0.3) is 0 Å². The Bertz CT molecular complexity index is 3540. The van der Waals surface area contributed by atoms with Crippen LogP contribution in [0.1, 0.15) is 0 Å². The molecule has 0 aliphatic rings. The summed E-state index contributed by atoms with van der Waals surface area (Å²) < 4.78 is 7.50. The molecule has 3 heteroatoms. The van der Waals surface area contributed by atoms with Gasteiger partial charge in [-0.15, -0.1) is 0 Å². The number of fused-ring (bicyclic) bond motifs is 16. The maximum absolute atomic E-state index is 2.55. The third-order valence-corrected chi connectivity index (χ3v) is 11.4. The zero-order valence-corrected chi connectivity index (χ0v) is 26.3. The predicted octanol–water partition coefficient (Wildman–Crippen LogP) is 12.2. The van der Waals surface area contributed by atoms with Crippen LogP contribution in [0.15, 0.2) is 152 Å². The van der Waals surface area contributed by atoms with Crippen LogP contribution in [0, 0.1) is 0 Å². The van der Waals surface area contributed by atoms with Crippen molar-refractivity contribution < 1.29 is 0 Å². The van der Waals surface area contributed by atoms with Gasteiger partial charge in [-0.2, -0.15) is 0 Å². The Kier molecular flexibility index (Phi) is 4.15. The second-order valence-corrected chi connectivity index (χ2v) is 13.8. The second-order valence-electron chi connectivity index (χ2n) is 13.8. The Morgan fingerprint density at radius 3 is 1.43 bits per heavy atom. The van der Waals surface area contributed by atoms with Crippen LogP contribution in [-0.4, -0.2) is 13.4 Å². The predicted molar refractivity (Wildman–Crippen MR) is 208 cm³/mol. The van der Waals surface area contributed by atoms with Crippen molar-refractivity contribution in [2.45, 2.75) is 0 Å². The van der Waals surface area contributed by atoms with E-state index in [9.17, 15) is 0 Å². The number of rotatable bonds is 1. The summed E-state index contributed by atoms with van der Waals surface area (Å²) in [4.78, 5) is 0. The van der Waals surface area contributed by atoms with Crippen molar-refractivity contribution in [3.63, 3.8) is 0 Å². The lowest BCUT2D eigenvalue weighted by Crippen LogP contribution is -1.92. The minimum atomic E-state index is 1.18. The molecule has 8 aromatic carbocycles. The molecule has 49 heavy (non-hydrogen) atoms. The molecule has 0 atom stereocenters. The molecule has 5 aromatic heterocycles. The Labute approximate surface area is 278 Å². The standard InChI is InChI=1S/C46H25N3/c1-2-12-28(13-3-1)47-39-19-7-6-14-29(39)37-23-42-38(24-41(37)47)33-18-9-17-32-36-22-35-31-16-8-15-30-34-20-26-10-4-5-11-27(26)21-40(34)48(45(30)31)43(35)25-44(36)49(42)46(32)33/h1-25H. The van der Waals surface area contributed by atoms with Crippen molar-refractivity contribution in [2.24, 2.45) is 0 Å². The number of aromatic nitrogens is 3. The van der Waals surface area contributed by atoms with Crippen LogP contribution in [0.5, 0.6) is 0 Å². The molecule has 224 valence electrons. The summed E-state index contributed by atoms with van der Waals surface area (Å²) >= 11 is 0. The lowest BCUT2D eigenvalue weighted by atomic mass is 10.0. The monoisotopic (exact) mass is 619 g/mol. The van der Waals surface area contributed by atoms with Crippen LogP contribution in [-0.2, 0) is 0 Å². The number of benzene rings is 8. The molecule has 5 heterocycles. The summed E-state index contributed by atoms with van der Waals surface area (Å²) in [5, 5.41) is 15.6. The van der Waals surface area contributed by atoms with Crippen LogP contribution >= 0.6 is 0 Å². The first-order valence-electron chi connectivity index (χ1n) is 17.0. The first-order chi connectivity index (χ1) is 24.3. The highest BCUT2D eigenvalue weighted by molar-refractivity contribution is 6.30. The van der Waals surface area contributed by atoms with Crippen LogP contribution in [0.4, 0.5) is 0 Å². The minimum absolute atomic E-state index is 1.18. The summed E-state index contributed by atoms with van der Waals surface area (Å²) in [7, 11) is 0. The van der Waals surface area contributed by atoms with Gasteiger partial charge in [-0.3, -0.25) is 0 Å². The molecule has 0 bridgehead atoms. The van der Waals surface area contributed by atoms with Gasteiger partial charge in [0.1, 0.15) is 0 Å². The highest BCUT2D eigenvalue weighted by Crippen LogP contribution is 2.46. The smallest absolute Gasteiger partial charge is 0.0620 e. The van der Waals surface area contributed by atoms with E-state index < -0.39 is 0 Å². The molecule has 0 aliphatic heterocycles. The van der Waals surface area contributed by atoms with Gasteiger partial charge >= 0.3 is 0 Å². The molecule has 0 radical (unpaired) electrons. The van der Waals surface area contributed by atoms with Crippen LogP contribution in [0.25, 0.3) is 114 Å². The van der Waals surface area contributed by atoms with E-state index in [1.165, 1.54) is 114 Å². The molecule has 0 aliphatic carbocycles. The zero-order valence-electron chi connectivity index (χ0n) is 26.3. The largest absolute Gasteiger partial charge is 0.309 e. The third-order valence-electron chi connectivity index (χ3n) is 11.4. The molecule has 0 amide bonds. The fourth-order valence-corrected chi connectivity index (χ4v) is 9.45. The summed E-state index contributed by atoms with van der Waals surface area (Å²) in [6.45, 7) is 0. The van der Waals surface area contributed by atoms with E-state index in [4.69, 9.17) is 0 Å². The molecular formula is C46H25N3. The van der Waals surface area contributed by atoms with Crippen molar-refractivity contribution >= 4 is 109 Å². The maximum atomic E-state index is 2.55. The van der Waals surface area contributed by atoms with E-state index in [1.54, 1.807) is 0 Å². The molecule has 0 N–H and O–H groups in total. The van der Waals surface area contributed by atoms with Crippen molar-refractivity contribution in [3.05, 3.63) is 152 Å². The molecule has 0 fully saturated rings. The molecule has 13 aromatic rings. The lowest BCUT2D eigenvalue weighted by Gasteiger charge is -2.07. The Balaban J connectivity index is 1.23. The number of para-hydroxylation sites is 4. The van der Waals surface area contributed by atoms with Gasteiger partial charge in [0, 0.05) is 59.5 Å². The van der Waals surface area contributed by atoms with Crippen LogP contribution < -0.4 is 0 Å². The van der Waals surface area contributed by atoms with Gasteiger partial charge in [-0.25, -0.2) is 0 Å². The van der Waals surface area contributed by atoms with Gasteiger partial charge in [-0.05, 0) is 65.4 Å². The number of hydrogen-bond acceptors (Lipinski definition) is 0. The van der Waals surface area contributed by atoms with Crippen molar-refractivity contribution in [1.29, 1.82) is 0 Å². The number of hydrogen-bond donors (Lipinski definition) is 0. The fraction of sp³-hybridized carbons (Fsp3) is 0.